The second-order valence-corrected chi connectivity index (χ2v) is 5.69. The van der Waals surface area contributed by atoms with Crippen molar-refractivity contribution < 1.29 is 23.4 Å². The monoisotopic (exact) mass is 239 g/mol. The lowest BCUT2D eigenvalue weighted by atomic mass is 10.2. The molecule has 15 heavy (non-hydrogen) atoms. The fourth-order valence-corrected chi connectivity index (χ4v) is 3.28. The summed E-state index contributed by atoms with van der Waals surface area (Å²) in [5.41, 5.74) is 0. The van der Waals surface area contributed by atoms with Gasteiger partial charge in [0.1, 0.15) is 0 Å². The summed E-state index contributed by atoms with van der Waals surface area (Å²) in [5.74, 6) is -0.184. The summed E-state index contributed by atoms with van der Waals surface area (Å²) in [6, 6.07) is -0.396. The average Bonchev–Trinajstić information content (AvgIpc) is 2.39. The van der Waals surface area contributed by atoms with Gasteiger partial charge >= 0.3 is 0 Å². The summed E-state index contributed by atoms with van der Waals surface area (Å²) < 4.78 is 27.2. The maximum absolute atomic E-state index is 11.1. The first-order chi connectivity index (χ1) is 7.05. The SMILES string of the molecule is O=S1(=O)CC(O)C(NCCOCCO)C1. The average molecular weight is 239 g/mol. The molecule has 1 aliphatic rings. The third kappa shape index (κ3) is 4.43. The molecule has 2 atom stereocenters. The molecule has 1 fully saturated rings. The lowest BCUT2D eigenvalue weighted by Crippen LogP contribution is -2.40. The van der Waals surface area contributed by atoms with Crippen LogP contribution in [-0.2, 0) is 14.6 Å². The quantitative estimate of drug-likeness (QED) is 0.453. The third-order valence-electron chi connectivity index (χ3n) is 2.21. The van der Waals surface area contributed by atoms with Gasteiger partial charge in [0.25, 0.3) is 0 Å². The Morgan fingerprint density at radius 3 is 2.60 bits per heavy atom. The van der Waals surface area contributed by atoms with Crippen LogP contribution in [-0.4, -0.2) is 68.6 Å². The van der Waals surface area contributed by atoms with Crippen molar-refractivity contribution in [3.63, 3.8) is 0 Å². The van der Waals surface area contributed by atoms with Gasteiger partial charge in [-0.3, -0.25) is 0 Å². The Hall–Kier alpha value is -0.210. The molecule has 1 heterocycles. The van der Waals surface area contributed by atoms with Gasteiger partial charge in [0.05, 0.1) is 37.4 Å². The van der Waals surface area contributed by atoms with Crippen LogP contribution in [0.15, 0.2) is 0 Å². The highest BCUT2D eigenvalue weighted by Crippen LogP contribution is 2.11. The van der Waals surface area contributed by atoms with Crippen molar-refractivity contribution in [1.29, 1.82) is 0 Å². The van der Waals surface area contributed by atoms with E-state index in [9.17, 15) is 13.5 Å². The molecule has 0 aromatic rings. The van der Waals surface area contributed by atoms with E-state index in [1.165, 1.54) is 0 Å². The van der Waals surface area contributed by atoms with E-state index in [2.05, 4.69) is 5.32 Å². The topological polar surface area (TPSA) is 95.9 Å². The van der Waals surface area contributed by atoms with Crippen LogP contribution in [0.5, 0.6) is 0 Å². The predicted molar refractivity (Wildman–Crippen MR) is 54.4 cm³/mol. The van der Waals surface area contributed by atoms with Gasteiger partial charge in [-0.05, 0) is 0 Å². The Kier molecular flexibility index (Phi) is 4.94. The number of hydrogen-bond donors (Lipinski definition) is 3. The lowest BCUT2D eigenvalue weighted by molar-refractivity contribution is 0.0885. The molecule has 0 saturated carbocycles. The highest BCUT2D eigenvalue weighted by atomic mass is 32.2. The van der Waals surface area contributed by atoms with Crippen LogP contribution in [0.1, 0.15) is 0 Å². The zero-order chi connectivity index (χ0) is 11.3. The van der Waals surface area contributed by atoms with Crippen LogP contribution in [0, 0.1) is 0 Å². The van der Waals surface area contributed by atoms with Crippen LogP contribution < -0.4 is 5.32 Å². The zero-order valence-electron chi connectivity index (χ0n) is 8.42. The van der Waals surface area contributed by atoms with Crippen molar-refractivity contribution in [2.24, 2.45) is 0 Å². The number of ether oxygens (including phenoxy) is 1. The highest BCUT2D eigenvalue weighted by Gasteiger charge is 2.35. The Labute approximate surface area is 89.2 Å². The maximum Gasteiger partial charge on any atom is 0.154 e. The van der Waals surface area contributed by atoms with Crippen molar-refractivity contribution in [3.8, 4) is 0 Å². The van der Waals surface area contributed by atoms with Crippen molar-refractivity contribution in [1.82, 2.24) is 5.32 Å². The first kappa shape index (κ1) is 12.9. The summed E-state index contributed by atoms with van der Waals surface area (Å²) in [6.45, 7) is 1.11. The molecule has 7 heteroatoms. The van der Waals surface area contributed by atoms with Crippen LogP contribution in [0.2, 0.25) is 0 Å². The number of sulfone groups is 1. The van der Waals surface area contributed by atoms with Crippen LogP contribution in [0.4, 0.5) is 0 Å². The first-order valence-corrected chi connectivity index (χ1v) is 6.68. The van der Waals surface area contributed by atoms with Crippen molar-refractivity contribution in [3.05, 3.63) is 0 Å². The molecule has 3 N–H and O–H groups in total. The van der Waals surface area contributed by atoms with Gasteiger partial charge in [-0.1, -0.05) is 0 Å². The summed E-state index contributed by atoms with van der Waals surface area (Å²) in [6.07, 6.45) is -0.826. The van der Waals surface area contributed by atoms with Crippen LogP contribution in [0.3, 0.4) is 0 Å². The Morgan fingerprint density at radius 2 is 2.07 bits per heavy atom. The van der Waals surface area contributed by atoms with Gasteiger partial charge in [0, 0.05) is 12.6 Å². The van der Waals surface area contributed by atoms with Gasteiger partial charge in [0.2, 0.25) is 0 Å². The molecule has 0 aromatic carbocycles. The van der Waals surface area contributed by atoms with Crippen LogP contribution >= 0.6 is 0 Å². The van der Waals surface area contributed by atoms with E-state index in [4.69, 9.17) is 9.84 Å². The van der Waals surface area contributed by atoms with E-state index in [-0.39, 0.29) is 24.7 Å². The molecular formula is C8H17NO5S. The minimum atomic E-state index is -3.09. The minimum Gasteiger partial charge on any atom is -0.394 e. The largest absolute Gasteiger partial charge is 0.394 e. The fraction of sp³-hybridized carbons (Fsp3) is 1.00. The van der Waals surface area contributed by atoms with E-state index in [0.29, 0.717) is 13.2 Å². The van der Waals surface area contributed by atoms with E-state index in [0.717, 1.165) is 0 Å². The van der Waals surface area contributed by atoms with E-state index in [1.807, 2.05) is 0 Å². The van der Waals surface area contributed by atoms with Gasteiger partial charge in [0.15, 0.2) is 9.84 Å². The van der Waals surface area contributed by atoms with Crippen molar-refractivity contribution in [2.45, 2.75) is 12.1 Å². The summed E-state index contributed by atoms with van der Waals surface area (Å²) in [4.78, 5) is 0. The molecular weight excluding hydrogens is 222 g/mol. The van der Waals surface area contributed by atoms with Crippen LogP contribution in [0.25, 0.3) is 0 Å². The molecule has 1 aliphatic heterocycles. The van der Waals surface area contributed by atoms with Crippen molar-refractivity contribution >= 4 is 9.84 Å². The molecule has 0 bridgehead atoms. The molecule has 0 aliphatic carbocycles. The Balaban J connectivity index is 2.17. The second kappa shape index (κ2) is 5.76. The molecule has 2 unspecified atom stereocenters. The molecule has 90 valence electrons. The molecule has 1 rings (SSSR count). The Bertz CT molecular complexity index is 279. The molecule has 6 nitrogen and oxygen atoms in total. The zero-order valence-corrected chi connectivity index (χ0v) is 9.24. The first-order valence-electron chi connectivity index (χ1n) is 4.85. The van der Waals surface area contributed by atoms with E-state index >= 15 is 0 Å². The molecule has 0 radical (unpaired) electrons. The number of hydrogen-bond acceptors (Lipinski definition) is 6. The van der Waals surface area contributed by atoms with Gasteiger partial charge in [-0.25, -0.2) is 8.42 Å². The summed E-state index contributed by atoms with van der Waals surface area (Å²) >= 11 is 0. The number of rotatable bonds is 6. The number of aliphatic hydroxyl groups excluding tert-OH is 2. The van der Waals surface area contributed by atoms with Gasteiger partial charge < -0.3 is 20.3 Å². The maximum atomic E-state index is 11.1. The summed E-state index contributed by atoms with van der Waals surface area (Å²) in [5, 5.41) is 20.7. The molecule has 1 saturated heterocycles. The third-order valence-corrected chi connectivity index (χ3v) is 3.93. The number of aliphatic hydroxyl groups is 2. The van der Waals surface area contributed by atoms with Gasteiger partial charge in [-0.2, -0.15) is 0 Å². The molecule has 0 aromatic heterocycles. The lowest BCUT2D eigenvalue weighted by Gasteiger charge is -2.14. The highest BCUT2D eigenvalue weighted by molar-refractivity contribution is 7.91. The molecule has 0 spiro atoms. The van der Waals surface area contributed by atoms with Crippen molar-refractivity contribution in [2.75, 3.05) is 37.9 Å². The predicted octanol–water partition coefficient (Wildman–Crippen LogP) is -2.26. The van der Waals surface area contributed by atoms with E-state index < -0.39 is 22.0 Å². The smallest absolute Gasteiger partial charge is 0.154 e. The molecule has 0 amide bonds. The fourth-order valence-electron chi connectivity index (χ4n) is 1.51. The van der Waals surface area contributed by atoms with Gasteiger partial charge in [-0.15, -0.1) is 0 Å². The standard InChI is InChI=1S/C8H17NO5S/c10-2-4-14-3-1-9-7-5-15(12,13)6-8(7)11/h7-11H,1-6H2. The summed E-state index contributed by atoms with van der Waals surface area (Å²) in [7, 11) is -3.09. The second-order valence-electron chi connectivity index (χ2n) is 3.54. The Morgan fingerprint density at radius 1 is 1.33 bits per heavy atom. The number of nitrogens with one attached hydrogen (secondary N) is 1. The normalized spacial score (nSPS) is 29.5. The van der Waals surface area contributed by atoms with E-state index in [1.54, 1.807) is 0 Å². The minimum absolute atomic E-state index is 0.0197.